The molecule has 0 bridgehead atoms. The fraction of sp³-hybridized carbons (Fsp3) is 0.333. The van der Waals surface area contributed by atoms with Crippen molar-refractivity contribution in [1.82, 2.24) is 30.2 Å². The van der Waals surface area contributed by atoms with Gasteiger partial charge in [-0.3, -0.25) is 24.3 Å². The highest BCUT2D eigenvalue weighted by atomic mass is 19.3. The van der Waals surface area contributed by atoms with Crippen LogP contribution < -0.4 is 10.2 Å². The van der Waals surface area contributed by atoms with Gasteiger partial charge in [0.1, 0.15) is 12.2 Å². The van der Waals surface area contributed by atoms with E-state index in [1.165, 1.54) is 16.0 Å². The lowest BCUT2D eigenvalue weighted by molar-refractivity contribution is -0.134. The predicted octanol–water partition coefficient (Wildman–Crippen LogP) is 3.78. The number of rotatable bonds is 8. The van der Waals surface area contributed by atoms with Gasteiger partial charge < -0.3 is 10.2 Å². The van der Waals surface area contributed by atoms with Gasteiger partial charge in [-0.2, -0.15) is 0 Å². The molecule has 2 fully saturated rings. The third-order valence-electron chi connectivity index (χ3n) is 8.23. The number of benzene rings is 2. The van der Waals surface area contributed by atoms with Gasteiger partial charge in [0, 0.05) is 55.2 Å². The maximum atomic E-state index is 15.1. The fourth-order valence-electron chi connectivity index (χ4n) is 6.18. The van der Waals surface area contributed by atoms with Crippen molar-refractivity contribution in [2.45, 2.75) is 56.3 Å². The average Bonchev–Trinajstić information content (AvgIpc) is 3.61. The van der Waals surface area contributed by atoms with E-state index in [0.717, 1.165) is 28.3 Å². The molecule has 12 heteroatoms. The van der Waals surface area contributed by atoms with Gasteiger partial charge in [-0.05, 0) is 30.4 Å². The molecule has 42 heavy (non-hydrogen) atoms. The number of anilines is 1. The van der Waals surface area contributed by atoms with E-state index in [1.54, 1.807) is 36.7 Å². The Bertz CT molecular complexity index is 1730. The monoisotopic (exact) mass is 571 g/mol. The number of aromatic nitrogens is 4. The molecule has 1 saturated heterocycles. The molecule has 10 nitrogen and oxygen atoms in total. The van der Waals surface area contributed by atoms with E-state index in [9.17, 15) is 14.4 Å². The summed E-state index contributed by atoms with van der Waals surface area (Å²) in [7, 11) is 0. The van der Waals surface area contributed by atoms with Crippen LogP contribution in [0.2, 0.25) is 0 Å². The van der Waals surface area contributed by atoms with Crippen molar-refractivity contribution in [3.63, 3.8) is 0 Å². The minimum absolute atomic E-state index is 0.0786. The van der Waals surface area contributed by atoms with Crippen LogP contribution in [0.3, 0.4) is 0 Å². The van der Waals surface area contributed by atoms with Crippen LogP contribution in [0.15, 0.2) is 67.1 Å². The van der Waals surface area contributed by atoms with Gasteiger partial charge in [0.15, 0.2) is 0 Å². The van der Waals surface area contributed by atoms with Crippen molar-refractivity contribution >= 4 is 34.2 Å². The minimum Gasteiger partial charge on any atom is -0.352 e. The fourth-order valence-corrected chi connectivity index (χ4v) is 6.18. The zero-order valence-electron chi connectivity index (χ0n) is 22.5. The Labute approximate surface area is 239 Å². The van der Waals surface area contributed by atoms with Gasteiger partial charge in [-0.25, -0.2) is 13.5 Å². The number of carbonyl (C=O) groups excluding carboxylic acids is 3. The molecule has 4 heterocycles. The summed E-state index contributed by atoms with van der Waals surface area (Å²) < 4.78 is 31.3. The molecule has 1 aliphatic carbocycles. The Balaban J connectivity index is 1.07. The molecule has 3 aliphatic rings. The molecule has 4 aromatic rings. The number of hydrogen-bond acceptors (Lipinski definition) is 6. The number of amides is 3. The lowest BCUT2D eigenvalue weighted by Crippen LogP contribution is -2.71. The maximum Gasteiger partial charge on any atom is 0.269 e. The highest BCUT2D eigenvalue weighted by Crippen LogP contribution is 2.48. The average molecular weight is 572 g/mol. The summed E-state index contributed by atoms with van der Waals surface area (Å²) in [4.78, 5) is 47.5. The highest BCUT2D eigenvalue weighted by Gasteiger charge is 2.63. The maximum absolute atomic E-state index is 15.1. The summed E-state index contributed by atoms with van der Waals surface area (Å²) in [6.45, 7) is -1.08. The van der Waals surface area contributed by atoms with E-state index in [0.29, 0.717) is 22.5 Å². The number of carbonyl (C=O) groups is 3. The zero-order valence-corrected chi connectivity index (χ0v) is 22.5. The molecule has 214 valence electrons. The standard InChI is InChI=1S/C30H27F2N7O3/c31-29(32,18-37-17-24(35-36-37)23-16-33-15-19-5-1-2-6-21(19)23)13-14-34-28(42)30-12-11-26(40)39(30)25-8-4-3-7-22(25)27(41)38(30)20-9-10-20/h1-8,15-17,20H,9-14,18H2,(H,34,42). The molecular formula is C30H27F2N7O3. The summed E-state index contributed by atoms with van der Waals surface area (Å²) in [5.74, 6) is -4.43. The third-order valence-corrected chi connectivity index (χ3v) is 8.23. The Hall–Kier alpha value is -4.74. The van der Waals surface area contributed by atoms with Gasteiger partial charge >= 0.3 is 0 Å². The van der Waals surface area contributed by atoms with Gasteiger partial charge in [-0.15, -0.1) is 5.10 Å². The Kier molecular flexibility index (Phi) is 6.03. The van der Waals surface area contributed by atoms with Crippen LogP contribution >= 0.6 is 0 Å². The van der Waals surface area contributed by atoms with Crippen LogP contribution in [-0.2, 0) is 16.1 Å². The quantitative estimate of drug-likeness (QED) is 0.345. The Morgan fingerprint density at radius 3 is 2.67 bits per heavy atom. The molecule has 1 unspecified atom stereocenters. The zero-order chi connectivity index (χ0) is 29.1. The van der Waals surface area contributed by atoms with Gasteiger partial charge in [0.05, 0.1) is 17.4 Å². The number of hydrogen-bond donors (Lipinski definition) is 1. The van der Waals surface area contributed by atoms with Crippen molar-refractivity contribution < 1.29 is 23.2 Å². The largest absolute Gasteiger partial charge is 0.352 e. The summed E-state index contributed by atoms with van der Waals surface area (Å²) >= 11 is 0. The molecule has 1 atom stereocenters. The Morgan fingerprint density at radius 1 is 1.05 bits per heavy atom. The van der Waals surface area contributed by atoms with E-state index >= 15 is 8.78 Å². The Morgan fingerprint density at radius 2 is 1.83 bits per heavy atom. The number of halogens is 2. The summed E-state index contributed by atoms with van der Waals surface area (Å²) in [6.07, 6.45) is 5.76. The first-order valence-electron chi connectivity index (χ1n) is 13.9. The first kappa shape index (κ1) is 26.2. The van der Waals surface area contributed by atoms with Crippen LogP contribution in [0.1, 0.15) is 42.5 Å². The molecule has 1 N–H and O–H groups in total. The van der Waals surface area contributed by atoms with Crippen molar-refractivity contribution in [2.75, 3.05) is 11.4 Å². The van der Waals surface area contributed by atoms with Gasteiger partial charge in [0.25, 0.3) is 17.7 Å². The lowest BCUT2D eigenvalue weighted by Gasteiger charge is -2.49. The first-order valence-corrected chi connectivity index (χ1v) is 13.9. The van der Waals surface area contributed by atoms with Crippen LogP contribution in [0.4, 0.5) is 14.5 Å². The first-order chi connectivity index (χ1) is 20.3. The second kappa shape index (κ2) is 9.68. The van der Waals surface area contributed by atoms with E-state index < -0.39 is 30.5 Å². The van der Waals surface area contributed by atoms with E-state index in [2.05, 4.69) is 20.6 Å². The van der Waals surface area contributed by atoms with Crippen LogP contribution in [0, 0.1) is 0 Å². The number of nitrogens with zero attached hydrogens (tertiary/aromatic N) is 6. The topological polar surface area (TPSA) is 113 Å². The van der Waals surface area contributed by atoms with Crippen molar-refractivity contribution in [3.05, 3.63) is 72.7 Å². The van der Waals surface area contributed by atoms with E-state index in [1.807, 2.05) is 24.3 Å². The highest BCUT2D eigenvalue weighted by molar-refractivity contribution is 6.16. The normalized spacial score (nSPS) is 20.1. The number of para-hydroxylation sites is 1. The lowest BCUT2D eigenvalue weighted by atomic mass is 9.95. The van der Waals surface area contributed by atoms with Gasteiger partial charge in [-0.1, -0.05) is 41.6 Å². The number of nitrogens with one attached hydrogen (secondary N) is 1. The van der Waals surface area contributed by atoms with Crippen molar-refractivity contribution in [1.29, 1.82) is 0 Å². The summed E-state index contributed by atoms with van der Waals surface area (Å²) in [5, 5.41) is 12.4. The van der Waals surface area contributed by atoms with Gasteiger partial charge in [0.2, 0.25) is 11.6 Å². The predicted molar refractivity (Wildman–Crippen MR) is 148 cm³/mol. The molecule has 1 saturated carbocycles. The summed E-state index contributed by atoms with van der Waals surface area (Å²) in [6, 6.07) is 14.1. The van der Waals surface area contributed by atoms with Crippen LogP contribution in [0.25, 0.3) is 22.0 Å². The molecule has 0 radical (unpaired) electrons. The second-order valence-corrected chi connectivity index (χ2v) is 11.0. The number of alkyl halides is 2. The molecular weight excluding hydrogens is 544 g/mol. The SMILES string of the molecule is O=C1CCC2(C(=O)NCCC(F)(F)Cn3cc(-c4cncc5ccccc45)nn3)N1c1ccccc1C(=O)N2C1CC1. The third kappa shape index (κ3) is 4.20. The van der Waals surface area contributed by atoms with Crippen molar-refractivity contribution in [3.8, 4) is 11.3 Å². The molecule has 3 amide bonds. The van der Waals surface area contributed by atoms with Crippen LogP contribution in [0.5, 0.6) is 0 Å². The van der Waals surface area contributed by atoms with Crippen LogP contribution in [-0.4, -0.2) is 66.8 Å². The number of pyridine rings is 1. The van der Waals surface area contributed by atoms with E-state index in [-0.39, 0.29) is 37.2 Å². The second-order valence-electron chi connectivity index (χ2n) is 11.0. The van der Waals surface area contributed by atoms with Crippen molar-refractivity contribution in [2.24, 2.45) is 0 Å². The molecule has 2 aliphatic heterocycles. The van der Waals surface area contributed by atoms with E-state index in [4.69, 9.17) is 0 Å². The molecule has 7 rings (SSSR count). The smallest absolute Gasteiger partial charge is 0.269 e. The number of fused-ring (bicyclic) bond motifs is 4. The molecule has 0 spiro atoms. The molecule has 2 aromatic carbocycles. The minimum atomic E-state index is -3.22. The molecule has 2 aromatic heterocycles. The summed E-state index contributed by atoms with van der Waals surface area (Å²) in [5.41, 5.74) is 0.295.